The third-order valence-corrected chi connectivity index (χ3v) is 5.25. The van der Waals surface area contributed by atoms with Crippen LogP contribution < -0.4 is 10.1 Å². The van der Waals surface area contributed by atoms with E-state index in [-0.39, 0.29) is 23.4 Å². The van der Waals surface area contributed by atoms with Crippen LogP contribution >= 0.6 is 0 Å². The van der Waals surface area contributed by atoms with Gasteiger partial charge in [-0.05, 0) is 25.1 Å². The minimum absolute atomic E-state index is 0.0852. The molecule has 1 atom stereocenters. The van der Waals surface area contributed by atoms with Crippen LogP contribution in [0, 0.1) is 12.7 Å². The Bertz CT molecular complexity index is 853. The van der Waals surface area contributed by atoms with Crippen molar-refractivity contribution in [2.75, 3.05) is 39.8 Å². The Morgan fingerprint density at radius 2 is 2.22 bits per heavy atom. The van der Waals surface area contributed by atoms with Crippen LogP contribution in [0.2, 0.25) is 0 Å². The lowest BCUT2D eigenvalue weighted by atomic mass is 10.1. The third kappa shape index (κ3) is 3.54. The van der Waals surface area contributed by atoms with Gasteiger partial charge in [-0.1, -0.05) is 0 Å². The number of nitrogens with one attached hydrogen (secondary N) is 1. The van der Waals surface area contributed by atoms with Crippen LogP contribution in [-0.2, 0) is 11.3 Å². The molecule has 0 spiro atoms. The molecule has 2 aromatic rings. The van der Waals surface area contributed by atoms with Gasteiger partial charge in [0.05, 0.1) is 18.4 Å². The van der Waals surface area contributed by atoms with E-state index in [1.54, 1.807) is 12.1 Å². The molecule has 27 heavy (non-hydrogen) atoms. The number of hydrogen-bond acceptors (Lipinski definition) is 6. The van der Waals surface area contributed by atoms with E-state index in [0.717, 1.165) is 25.3 Å². The Morgan fingerprint density at radius 3 is 3.04 bits per heavy atom. The van der Waals surface area contributed by atoms with Crippen molar-refractivity contribution in [2.24, 2.45) is 0 Å². The Balaban J connectivity index is 1.52. The van der Waals surface area contributed by atoms with Gasteiger partial charge in [-0.15, -0.1) is 0 Å². The number of amides is 1. The Morgan fingerprint density at radius 1 is 1.37 bits per heavy atom. The first kappa shape index (κ1) is 17.9. The number of rotatable bonds is 4. The summed E-state index contributed by atoms with van der Waals surface area (Å²) in [6.07, 6.45) is 0. The highest BCUT2D eigenvalue weighted by molar-refractivity contribution is 5.82. The molecule has 0 aliphatic carbocycles. The molecule has 4 rings (SSSR count). The predicted octanol–water partition coefficient (Wildman–Crippen LogP) is 1.41. The van der Waals surface area contributed by atoms with Crippen LogP contribution in [-0.4, -0.2) is 66.6 Å². The maximum absolute atomic E-state index is 14.2. The Hall–Kier alpha value is -2.45. The number of fused-ring (bicyclic) bond motifs is 1. The van der Waals surface area contributed by atoms with Crippen LogP contribution in [0.1, 0.15) is 11.5 Å². The van der Waals surface area contributed by atoms with Gasteiger partial charge in [-0.3, -0.25) is 14.6 Å². The van der Waals surface area contributed by atoms with Crippen LogP contribution in [0.5, 0.6) is 5.75 Å². The van der Waals surface area contributed by atoms with Gasteiger partial charge in [-0.25, -0.2) is 9.37 Å². The minimum atomic E-state index is -0.406. The Kier molecular flexibility index (Phi) is 4.84. The highest BCUT2D eigenvalue weighted by Gasteiger charge is 2.35. The first-order chi connectivity index (χ1) is 13.0. The number of carbonyl (C=O) groups excluding carboxylic acids is 1. The van der Waals surface area contributed by atoms with Gasteiger partial charge in [0.15, 0.2) is 0 Å². The topological polar surface area (TPSA) is 70.8 Å². The molecule has 2 aliphatic rings. The summed E-state index contributed by atoms with van der Waals surface area (Å²) in [5.41, 5.74) is 1.04. The molecular weight excluding hydrogens is 351 g/mol. The maximum Gasteiger partial charge on any atom is 0.238 e. The molecule has 0 saturated carbocycles. The fraction of sp³-hybridized carbons (Fsp3) is 0.474. The second-order valence-corrected chi connectivity index (χ2v) is 6.95. The number of aromatic nitrogens is 1. The van der Waals surface area contributed by atoms with E-state index in [0.29, 0.717) is 31.1 Å². The lowest BCUT2D eigenvalue weighted by molar-refractivity contribution is -0.132. The zero-order valence-corrected chi connectivity index (χ0v) is 15.5. The van der Waals surface area contributed by atoms with Gasteiger partial charge < -0.3 is 14.5 Å². The molecule has 0 radical (unpaired) electrons. The van der Waals surface area contributed by atoms with Gasteiger partial charge in [-0.2, -0.15) is 0 Å². The van der Waals surface area contributed by atoms with Crippen LogP contribution in [0.3, 0.4) is 0 Å². The monoisotopic (exact) mass is 374 g/mol. The highest BCUT2D eigenvalue weighted by Crippen LogP contribution is 2.28. The molecule has 0 bridgehead atoms. The molecule has 1 aromatic carbocycles. The summed E-state index contributed by atoms with van der Waals surface area (Å²) in [5.74, 6) is 1.12. The van der Waals surface area contributed by atoms with Crippen molar-refractivity contribution < 1.29 is 18.3 Å². The molecule has 8 heteroatoms. The smallest absolute Gasteiger partial charge is 0.238 e. The lowest BCUT2D eigenvalue weighted by Crippen LogP contribution is -2.63. The zero-order chi connectivity index (χ0) is 19.0. The number of methoxy groups -OCH3 is 1. The molecule has 1 N–H and O–H groups in total. The number of hydrogen-bond donors (Lipinski definition) is 1. The van der Waals surface area contributed by atoms with Crippen molar-refractivity contribution in [1.82, 2.24) is 20.1 Å². The number of aryl methyl sites for hydroxylation is 1. The minimum Gasteiger partial charge on any atom is -0.497 e. The van der Waals surface area contributed by atoms with E-state index in [2.05, 4.69) is 20.1 Å². The SMILES string of the molecule is COc1ccc(F)c(-c2nc(CN3CCN4CCNC(=O)[C@H]4C3)c(C)o2)c1. The number of ether oxygens (including phenoxy) is 1. The van der Waals surface area contributed by atoms with Crippen LogP contribution in [0.15, 0.2) is 22.6 Å². The van der Waals surface area contributed by atoms with Crippen molar-refractivity contribution in [3.8, 4) is 17.2 Å². The quantitative estimate of drug-likeness (QED) is 0.873. The number of piperazine rings is 2. The number of benzene rings is 1. The first-order valence-corrected chi connectivity index (χ1v) is 9.09. The largest absolute Gasteiger partial charge is 0.497 e. The van der Waals surface area contributed by atoms with Crippen molar-refractivity contribution in [2.45, 2.75) is 19.5 Å². The average molecular weight is 374 g/mol. The van der Waals surface area contributed by atoms with Crippen molar-refractivity contribution in [3.05, 3.63) is 35.5 Å². The highest BCUT2D eigenvalue weighted by atomic mass is 19.1. The first-order valence-electron chi connectivity index (χ1n) is 9.09. The summed E-state index contributed by atoms with van der Waals surface area (Å²) in [6, 6.07) is 4.36. The molecule has 2 aliphatic heterocycles. The zero-order valence-electron chi connectivity index (χ0n) is 15.5. The number of nitrogens with zero attached hydrogens (tertiary/aromatic N) is 3. The lowest BCUT2D eigenvalue weighted by Gasteiger charge is -2.42. The van der Waals surface area contributed by atoms with E-state index in [1.165, 1.54) is 13.2 Å². The molecule has 144 valence electrons. The summed E-state index contributed by atoms with van der Waals surface area (Å²) >= 11 is 0. The van der Waals surface area contributed by atoms with E-state index in [4.69, 9.17) is 9.15 Å². The molecule has 1 aromatic heterocycles. The number of oxazole rings is 1. The molecule has 3 heterocycles. The van der Waals surface area contributed by atoms with Crippen LogP contribution in [0.4, 0.5) is 4.39 Å². The molecule has 7 nitrogen and oxygen atoms in total. The van der Waals surface area contributed by atoms with Crippen molar-refractivity contribution in [3.63, 3.8) is 0 Å². The van der Waals surface area contributed by atoms with Gasteiger partial charge in [0, 0.05) is 39.3 Å². The van der Waals surface area contributed by atoms with E-state index < -0.39 is 5.82 Å². The summed E-state index contributed by atoms with van der Waals surface area (Å²) in [7, 11) is 1.53. The third-order valence-electron chi connectivity index (χ3n) is 5.25. The normalized spacial score (nSPS) is 21.0. The van der Waals surface area contributed by atoms with Crippen molar-refractivity contribution in [1.29, 1.82) is 0 Å². The maximum atomic E-state index is 14.2. The van der Waals surface area contributed by atoms with Gasteiger partial charge in [0.2, 0.25) is 11.8 Å². The van der Waals surface area contributed by atoms with Gasteiger partial charge in [0.1, 0.15) is 23.4 Å². The fourth-order valence-electron chi connectivity index (χ4n) is 3.67. The molecule has 2 saturated heterocycles. The molecule has 1 amide bonds. The molecule has 2 fully saturated rings. The van der Waals surface area contributed by atoms with E-state index >= 15 is 0 Å². The standard InChI is InChI=1S/C19H23FN4O3/c1-12-16(10-23-7-8-24-6-5-21-18(25)17(24)11-23)22-19(27-12)14-9-13(26-2)3-4-15(14)20/h3-4,9,17H,5-8,10-11H2,1-2H3,(H,21,25)/t17-/m1/s1. The summed E-state index contributed by atoms with van der Waals surface area (Å²) in [6.45, 7) is 6.37. The van der Waals surface area contributed by atoms with Crippen molar-refractivity contribution >= 4 is 5.91 Å². The summed E-state index contributed by atoms with van der Waals surface area (Å²) < 4.78 is 25.1. The van der Waals surface area contributed by atoms with Crippen LogP contribution in [0.25, 0.3) is 11.5 Å². The second-order valence-electron chi connectivity index (χ2n) is 6.95. The predicted molar refractivity (Wildman–Crippen MR) is 96.8 cm³/mol. The summed E-state index contributed by atoms with van der Waals surface area (Å²) in [4.78, 5) is 21.1. The number of halogens is 1. The Labute approximate surface area is 157 Å². The molecular formula is C19H23FN4O3. The van der Waals surface area contributed by atoms with E-state index in [9.17, 15) is 9.18 Å². The molecule has 0 unspecified atom stereocenters. The fourth-order valence-corrected chi connectivity index (χ4v) is 3.67. The van der Waals surface area contributed by atoms with Gasteiger partial charge >= 0.3 is 0 Å². The average Bonchev–Trinajstić information content (AvgIpc) is 3.03. The number of carbonyl (C=O) groups is 1. The van der Waals surface area contributed by atoms with E-state index in [1.807, 2.05) is 6.92 Å². The second kappa shape index (κ2) is 7.28. The summed E-state index contributed by atoms with van der Waals surface area (Å²) in [5, 5.41) is 2.92. The van der Waals surface area contributed by atoms with Gasteiger partial charge in [0.25, 0.3) is 0 Å².